The number of fused-ring (bicyclic) bond motifs is 1. The summed E-state index contributed by atoms with van der Waals surface area (Å²) in [7, 11) is 0. The number of carboxylic acid groups (broad SMARTS) is 1. The van der Waals surface area contributed by atoms with Crippen LogP contribution in [0.3, 0.4) is 0 Å². The van der Waals surface area contributed by atoms with Gasteiger partial charge in [0.25, 0.3) is 0 Å². The number of hydrogen-bond acceptors (Lipinski definition) is 2. The number of benzene rings is 1. The first-order chi connectivity index (χ1) is 9.82. The van der Waals surface area contributed by atoms with E-state index in [1.165, 1.54) is 22.8 Å². The molecule has 0 spiro atoms. The van der Waals surface area contributed by atoms with E-state index in [4.69, 9.17) is 5.11 Å². The van der Waals surface area contributed by atoms with Gasteiger partial charge >= 0.3 is 12.1 Å². The van der Waals surface area contributed by atoms with Crippen LogP contribution in [0.4, 0.5) is 13.2 Å². The fourth-order valence-corrected chi connectivity index (χ4v) is 2.75. The Balaban J connectivity index is 2.20. The van der Waals surface area contributed by atoms with Crippen LogP contribution in [0.15, 0.2) is 18.2 Å². The summed E-state index contributed by atoms with van der Waals surface area (Å²) < 4.78 is 40.7. The van der Waals surface area contributed by atoms with Crippen molar-refractivity contribution in [3.63, 3.8) is 0 Å². The second-order valence-corrected chi connectivity index (χ2v) is 5.28. The number of aromatic nitrogens is 2. The Morgan fingerprint density at radius 1 is 1.48 bits per heavy atom. The predicted octanol–water partition coefficient (Wildman–Crippen LogP) is 3.72. The molecule has 1 aromatic heterocycles. The lowest BCUT2D eigenvalue weighted by atomic mass is 10.2. The molecule has 7 heteroatoms. The van der Waals surface area contributed by atoms with Crippen molar-refractivity contribution in [2.45, 2.75) is 32.0 Å². The zero-order valence-corrected chi connectivity index (χ0v) is 11.2. The number of imidazole rings is 1. The maximum atomic E-state index is 13.2. The van der Waals surface area contributed by atoms with E-state index < -0.39 is 18.0 Å². The van der Waals surface area contributed by atoms with Crippen LogP contribution in [0.2, 0.25) is 0 Å². The summed E-state index contributed by atoms with van der Waals surface area (Å²) in [6.07, 6.45) is -3.04. The first-order valence-corrected chi connectivity index (χ1v) is 6.65. The minimum Gasteiger partial charge on any atom is -0.478 e. The van der Waals surface area contributed by atoms with Gasteiger partial charge in [-0.05, 0) is 30.5 Å². The number of carbonyl (C=O) groups is 1. The maximum Gasteiger partial charge on any atom is 0.449 e. The van der Waals surface area contributed by atoms with Crippen LogP contribution in [0.25, 0.3) is 11.0 Å². The molecule has 0 bridgehead atoms. The van der Waals surface area contributed by atoms with Crippen molar-refractivity contribution in [1.82, 2.24) is 9.55 Å². The molecule has 1 aromatic carbocycles. The first-order valence-electron chi connectivity index (χ1n) is 6.65. The average Bonchev–Trinajstić information content (AvgIpc) is 3.08. The van der Waals surface area contributed by atoms with Crippen LogP contribution in [0.5, 0.6) is 0 Å². The zero-order chi connectivity index (χ0) is 15.4. The SMILES string of the molecule is CCC1CC1n1c(C(F)(F)F)nc2cc(C(=O)O)ccc21. The van der Waals surface area contributed by atoms with E-state index in [1.807, 2.05) is 6.92 Å². The predicted molar refractivity (Wildman–Crippen MR) is 69.1 cm³/mol. The number of alkyl halides is 3. The maximum absolute atomic E-state index is 13.2. The molecule has 2 unspecified atom stereocenters. The van der Waals surface area contributed by atoms with Gasteiger partial charge in [0.1, 0.15) is 0 Å². The second kappa shape index (κ2) is 4.47. The van der Waals surface area contributed by atoms with Crippen molar-refractivity contribution in [2.75, 3.05) is 0 Å². The van der Waals surface area contributed by atoms with Gasteiger partial charge < -0.3 is 9.67 Å². The molecule has 3 rings (SSSR count). The van der Waals surface area contributed by atoms with E-state index >= 15 is 0 Å². The van der Waals surface area contributed by atoms with Crippen molar-refractivity contribution in [3.05, 3.63) is 29.6 Å². The molecule has 1 aliphatic rings. The molecule has 112 valence electrons. The van der Waals surface area contributed by atoms with Crippen LogP contribution >= 0.6 is 0 Å². The summed E-state index contributed by atoms with van der Waals surface area (Å²) >= 11 is 0. The van der Waals surface area contributed by atoms with Crippen molar-refractivity contribution < 1.29 is 23.1 Å². The van der Waals surface area contributed by atoms with Crippen LogP contribution in [0, 0.1) is 5.92 Å². The highest BCUT2D eigenvalue weighted by molar-refractivity contribution is 5.92. The molecule has 0 radical (unpaired) electrons. The third-order valence-corrected chi connectivity index (χ3v) is 3.93. The molecule has 1 aliphatic carbocycles. The smallest absolute Gasteiger partial charge is 0.449 e. The summed E-state index contributed by atoms with van der Waals surface area (Å²) in [4.78, 5) is 14.6. The molecule has 1 fully saturated rings. The van der Waals surface area contributed by atoms with E-state index in [0.29, 0.717) is 11.9 Å². The Morgan fingerprint density at radius 3 is 2.71 bits per heavy atom. The monoisotopic (exact) mass is 298 g/mol. The quantitative estimate of drug-likeness (QED) is 0.939. The van der Waals surface area contributed by atoms with E-state index in [1.54, 1.807) is 0 Å². The molecule has 1 heterocycles. The lowest BCUT2D eigenvalue weighted by Crippen LogP contribution is -2.14. The number of rotatable bonds is 3. The molecule has 0 saturated heterocycles. The largest absolute Gasteiger partial charge is 0.478 e. The van der Waals surface area contributed by atoms with Gasteiger partial charge in [-0.2, -0.15) is 13.2 Å². The van der Waals surface area contributed by atoms with Gasteiger partial charge in [-0.3, -0.25) is 0 Å². The molecule has 1 saturated carbocycles. The molecular weight excluding hydrogens is 285 g/mol. The lowest BCUT2D eigenvalue weighted by molar-refractivity contribution is -0.147. The van der Waals surface area contributed by atoms with Crippen LogP contribution in [-0.4, -0.2) is 20.6 Å². The summed E-state index contributed by atoms with van der Waals surface area (Å²) in [5.41, 5.74) is 0.348. The average molecular weight is 298 g/mol. The van der Waals surface area contributed by atoms with E-state index in [2.05, 4.69) is 4.98 Å². The first kappa shape index (κ1) is 13.9. The normalized spacial score (nSPS) is 21.7. The van der Waals surface area contributed by atoms with Crippen molar-refractivity contribution in [2.24, 2.45) is 5.92 Å². The highest BCUT2D eigenvalue weighted by atomic mass is 19.4. The van der Waals surface area contributed by atoms with Gasteiger partial charge in [0, 0.05) is 6.04 Å². The third kappa shape index (κ3) is 2.26. The number of hydrogen-bond donors (Lipinski definition) is 1. The van der Waals surface area contributed by atoms with Gasteiger partial charge in [-0.15, -0.1) is 0 Å². The standard InChI is InChI=1S/C14H13F3N2O2/c1-2-7-6-11(7)19-10-4-3-8(12(20)21)5-9(10)18-13(19)14(15,16)17/h3-5,7,11H,2,6H2,1H3,(H,20,21). The van der Waals surface area contributed by atoms with Crippen LogP contribution < -0.4 is 0 Å². The highest BCUT2D eigenvalue weighted by Crippen LogP contribution is 2.49. The Hall–Kier alpha value is -2.05. The summed E-state index contributed by atoms with van der Waals surface area (Å²) in [5, 5.41) is 8.93. The van der Waals surface area contributed by atoms with E-state index in [0.717, 1.165) is 6.42 Å². The molecule has 21 heavy (non-hydrogen) atoms. The topological polar surface area (TPSA) is 55.1 Å². The molecule has 0 aliphatic heterocycles. The lowest BCUT2D eigenvalue weighted by Gasteiger charge is -2.11. The Morgan fingerprint density at radius 2 is 2.19 bits per heavy atom. The van der Waals surface area contributed by atoms with E-state index in [-0.39, 0.29) is 23.0 Å². The number of carboxylic acids is 1. The Labute approximate surface area is 118 Å². The van der Waals surface area contributed by atoms with Crippen molar-refractivity contribution in [1.29, 1.82) is 0 Å². The minimum absolute atomic E-state index is 0.0660. The zero-order valence-electron chi connectivity index (χ0n) is 11.2. The van der Waals surface area contributed by atoms with Crippen molar-refractivity contribution in [3.8, 4) is 0 Å². The second-order valence-electron chi connectivity index (χ2n) is 5.28. The molecular formula is C14H13F3N2O2. The van der Waals surface area contributed by atoms with E-state index in [9.17, 15) is 18.0 Å². The minimum atomic E-state index is -4.55. The fourth-order valence-electron chi connectivity index (χ4n) is 2.75. The highest BCUT2D eigenvalue weighted by Gasteiger charge is 2.45. The molecule has 2 aromatic rings. The Kier molecular flexibility index (Phi) is 2.96. The summed E-state index contributed by atoms with van der Waals surface area (Å²) in [6.45, 7) is 1.94. The van der Waals surface area contributed by atoms with Gasteiger partial charge in [0.05, 0.1) is 16.6 Å². The van der Waals surface area contributed by atoms with Crippen molar-refractivity contribution >= 4 is 17.0 Å². The van der Waals surface area contributed by atoms with Gasteiger partial charge in [0.15, 0.2) is 0 Å². The van der Waals surface area contributed by atoms with Gasteiger partial charge in [-0.1, -0.05) is 13.3 Å². The number of nitrogens with zero attached hydrogens (tertiary/aromatic N) is 2. The van der Waals surface area contributed by atoms with Gasteiger partial charge in [0.2, 0.25) is 5.82 Å². The summed E-state index contributed by atoms with van der Waals surface area (Å²) in [6, 6.07) is 3.71. The molecule has 4 nitrogen and oxygen atoms in total. The summed E-state index contributed by atoms with van der Waals surface area (Å²) in [5.74, 6) is -1.90. The van der Waals surface area contributed by atoms with Crippen LogP contribution in [0.1, 0.15) is 42.0 Å². The Bertz CT molecular complexity index is 721. The number of halogens is 3. The van der Waals surface area contributed by atoms with Crippen LogP contribution in [-0.2, 0) is 6.18 Å². The third-order valence-electron chi connectivity index (χ3n) is 3.93. The molecule has 1 N–H and O–H groups in total. The number of aromatic carboxylic acids is 1. The molecule has 2 atom stereocenters. The van der Waals surface area contributed by atoms with Gasteiger partial charge in [-0.25, -0.2) is 9.78 Å². The fraction of sp³-hybridized carbons (Fsp3) is 0.429. The molecule has 0 amide bonds.